The van der Waals surface area contributed by atoms with Crippen LogP contribution in [0.15, 0.2) is 0 Å². The van der Waals surface area contributed by atoms with Crippen molar-refractivity contribution in [2.24, 2.45) is 11.1 Å². The van der Waals surface area contributed by atoms with E-state index >= 15 is 0 Å². The molecule has 0 bridgehead atoms. The maximum Gasteiger partial charge on any atom is 0.0682 e. The fourth-order valence-electron chi connectivity index (χ4n) is 1.08. The van der Waals surface area contributed by atoms with E-state index in [-0.39, 0.29) is 5.41 Å². The molecule has 0 aromatic heterocycles. The van der Waals surface area contributed by atoms with Crippen LogP contribution in [0.1, 0.15) is 47.0 Å². The lowest BCUT2D eigenvalue weighted by Gasteiger charge is -2.39. The van der Waals surface area contributed by atoms with E-state index in [0.717, 1.165) is 19.3 Å². The number of nitrogens with two attached hydrogens (primary N) is 1. The van der Waals surface area contributed by atoms with E-state index in [1.807, 2.05) is 20.8 Å². The molecule has 0 rings (SSSR count). The number of hydrogen-bond donors (Lipinski definition) is 2. The highest BCUT2D eigenvalue weighted by Crippen LogP contribution is 2.33. The molecule has 0 aliphatic carbocycles. The number of aliphatic hydroxyl groups is 1. The Kier molecular flexibility index (Phi) is 4.21. The summed E-state index contributed by atoms with van der Waals surface area (Å²) in [6.45, 7) is 8.58. The van der Waals surface area contributed by atoms with Crippen LogP contribution in [0.5, 0.6) is 0 Å². The zero-order valence-electron chi connectivity index (χ0n) is 8.85. The molecule has 0 spiro atoms. The highest BCUT2D eigenvalue weighted by Gasteiger charge is 2.37. The third-order valence-corrected chi connectivity index (χ3v) is 2.99. The molecule has 0 aliphatic rings. The van der Waals surface area contributed by atoms with Gasteiger partial charge in [-0.25, -0.2) is 0 Å². The molecule has 0 saturated carbocycles. The topological polar surface area (TPSA) is 46.2 Å². The van der Waals surface area contributed by atoms with Gasteiger partial charge in [-0.1, -0.05) is 33.6 Å². The number of unbranched alkanes of at least 4 members (excludes halogenated alkanes) is 1. The van der Waals surface area contributed by atoms with E-state index in [0.29, 0.717) is 6.54 Å². The van der Waals surface area contributed by atoms with Gasteiger partial charge in [-0.05, 0) is 13.3 Å². The first-order chi connectivity index (χ1) is 5.37. The molecule has 3 N–H and O–H groups in total. The summed E-state index contributed by atoms with van der Waals surface area (Å²) in [6.07, 6.45) is 3.03. The first-order valence-corrected chi connectivity index (χ1v) is 4.80. The highest BCUT2D eigenvalue weighted by atomic mass is 16.3. The predicted octanol–water partition coefficient (Wildman–Crippen LogP) is 1.91. The second-order valence-corrected chi connectivity index (χ2v) is 4.47. The first kappa shape index (κ1) is 11.9. The van der Waals surface area contributed by atoms with Crippen LogP contribution >= 0.6 is 0 Å². The van der Waals surface area contributed by atoms with E-state index in [4.69, 9.17) is 5.73 Å². The lowest BCUT2D eigenvalue weighted by molar-refractivity contribution is -0.0542. The second kappa shape index (κ2) is 4.24. The monoisotopic (exact) mass is 173 g/mol. The van der Waals surface area contributed by atoms with Gasteiger partial charge in [0.25, 0.3) is 0 Å². The summed E-state index contributed by atoms with van der Waals surface area (Å²) < 4.78 is 0. The van der Waals surface area contributed by atoms with Crippen molar-refractivity contribution in [1.29, 1.82) is 0 Å². The van der Waals surface area contributed by atoms with E-state index in [1.54, 1.807) is 0 Å². The SMILES string of the molecule is CCCCC(C)(O)C(C)(C)CN. The summed E-state index contributed by atoms with van der Waals surface area (Å²) in [5, 5.41) is 10.1. The van der Waals surface area contributed by atoms with Crippen molar-refractivity contribution < 1.29 is 5.11 Å². The zero-order chi connectivity index (χ0) is 9.83. The third-order valence-electron chi connectivity index (χ3n) is 2.99. The van der Waals surface area contributed by atoms with Crippen molar-refractivity contribution in [2.75, 3.05) is 6.54 Å². The van der Waals surface area contributed by atoms with Gasteiger partial charge < -0.3 is 10.8 Å². The molecule has 1 atom stereocenters. The lowest BCUT2D eigenvalue weighted by atomic mass is 9.73. The maximum absolute atomic E-state index is 10.1. The molecular weight excluding hydrogens is 150 g/mol. The Morgan fingerprint density at radius 2 is 1.75 bits per heavy atom. The molecule has 0 heterocycles. The van der Waals surface area contributed by atoms with Crippen molar-refractivity contribution in [3.63, 3.8) is 0 Å². The quantitative estimate of drug-likeness (QED) is 0.667. The fourth-order valence-corrected chi connectivity index (χ4v) is 1.08. The Hall–Kier alpha value is -0.0800. The van der Waals surface area contributed by atoms with Gasteiger partial charge in [0.1, 0.15) is 0 Å². The molecule has 0 radical (unpaired) electrons. The number of hydrogen-bond acceptors (Lipinski definition) is 2. The Labute approximate surface area is 76.2 Å². The lowest BCUT2D eigenvalue weighted by Crippen LogP contribution is -2.46. The van der Waals surface area contributed by atoms with Gasteiger partial charge in [0.15, 0.2) is 0 Å². The minimum atomic E-state index is -0.627. The van der Waals surface area contributed by atoms with E-state index in [9.17, 15) is 5.11 Å². The molecule has 74 valence electrons. The van der Waals surface area contributed by atoms with Crippen LogP contribution < -0.4 is 5.73 Å². The van der Waals surface area contributed by atoms with Gasteiger partial charge in [0.05, 0.1) is 5.60 Å². The molecule has 0 saturated heterocycles. The summed E-state index contributed by atoms with van der Waals surface area (Å²) in [5.74, 6) is 0. The molecule has 2 nitrogen and oxygen atoms in total. The summed E-state index contributed by atoms with van der Waals surface area (Å²) in [7, 11) is 0. The van der Waals surface area contributed by atoms with Crippen LogP contribution in [0, 0.1) is 5.41 Å². The van der Waals surface area contributed by atoms with Crippen LogP contribution in [0.2, 0.25) is 0 Å². The minimum absolute atomic E-state index is 0.178. The molecular formula is C10H23NO. The molecule has 0 aromatic carbocycles. The number of rotatable bonds is 5. The Morgan fingerprint density at radius 1 is 1.25 bits per heavy atom. The van der Waals surface area contributed by atoms with Gasteiger partial charge in [0, 0.05) is 12.0 Å². The van der Waals surface area contributed by atoms with Gasteiger partial charge in [-0.3, -0.25) is 0 Å². The third kappa shape index (κ3) is 2.76. The largest absolute Gasteiger partial charge is 0.390 e. The average Bonchev–Trinajstić information content (AvgIpc) is 2.00. The Bertz CT molecular complexity index is 130. The van der Waals surface area contributed by atoms with Crippen molar-refractivity contribution in [3.05, 3.63) is 0 Å². The predicted molar refractivity (Wildman–Crippen MR) is 53.0 cm³/mol. The smallest absolute Gasteiger partial charge is 0.0682 e. The molecule has 0 amide bonds. The first-order valence-electron chi connectivity index (χ1n) is 4.80. The minimum Gasteiger partial charge on any atom is -0.390 e. The van der Waals surface area contributed by atoms with Crippen molar-refractivity contribution in [1.82, 2.24) is 0 Å². The summed E-state index contributed by atoms with van der Waals surface area (Å²) in [4.78, 5) is 0. The maximum atomic E-state index is 10.1. The van der Waals surface area contributed by atoms with Crippen molar-refractivity contribution in [3.8, 4) is 0 Å². The van der Waals surface area contributed by atoms with Gasteiger partial charge in [-0.15, -0.1) is 0 Å². The van der Waals surface area contributed by atoms with Gasteiger partial charge >= 0.3 is 0 Å². The fraction of sp³-hybridized carbons (Fsp3) is 1.00. The molecule has 0 fully saturated rings. The molecule has 12 heavy (non-hydrogen) atoms. The van der Waals surface area contributed by atoms with E-state index in [1.165, 1.54) is 0 Å². The van der Waals surface area contributed by atoms with Crippen molar-refractivity contribution >= 4 is 0 Å². The average molecular weight is 173 g/mol. The van der Waals surface area contributed by atoms with E-state index in [2.05, 4.69) is 6.92 Å². The standard InChI is InChI=1S/C10H23NO/c1-5-6-7-10(4,12)9(2,3)8-11/h12H,5-8,11H2,1-4H3. The second-order valence-electron chi connectivity index (χ2n) is 4.47. The Balaban J connectivity index is 4.17. The van der Waals surface area contributed by atoms with Crippen LogP contribution in [-0.2, 0) is 0 Å². The summed E-state index contributed by atoms with van der Waals surface area (Å²) in [5.41, 5.74) is 4.80. The summed E-state index contributed by atoms with van der Waals surface area (Å²) >= 11 is 0. The van der Waals surface area contributed by atoms with Crippen LogP contribution in [-0.4, -0.2) is 17.3 Å². The highest BCUT2D eigenvalue weighted by molar-refractivity contribution is 4.89. The summed E-state index contributed by atoms with van der Waals surface area (Å²) in [6, 6.07) is 0. The Morgan fingerprint density at radius 3 is 2.08 bits per heavy atom. The molecule has 0 aliphatic heterocycles. The molecule has 0 aromatic rings. The van der Waals surface area contributed by atoms with Crippen LogP contribution in [0.4, 0.5) is 0 Å². The van der Waals surface area contributed by atoms with Crippen LogP contribution in [0.3, 0.4) is 0 Å². The van der Waals surface area contributed by atoms with Crippen LogP contribution in [0.25, 0.3) is 0 Å². The molecule has 1 unspecified atom stereocenters. The normalized spacial score (nSPS) is 17.5. The zero-order valence-corrected chi connectivity index (χ0v) is 8.85. The molecule has 2 heteroatoms. The van der Waals surface area contributed by atoms with Gasteiger partial charge in [0.2, 0.25) is 0 Å². The van der Waals surface area contributed by atoms with Crippen molar-refractivity contribution in [2.45, 2.75) is 52.6 Å². The van der Waals surface area contributed by atoms with E-state index < -0.39 is 5.60 Å². The van der Waals surface area contributed by atoms with Gasteiger partial charge in [-0.2, -0.15) is 0 Å².